The zero-order valence-electron chi connectivity index (χ0n) is 14.2. The van der Waals surface area contributed by atoms with Crippen molar-refractivity contribution in [1.82, 2.24) is 15.1 Å². The molecule has 0 aliphatic heterocycles. The van der Waals surface area contributed by atoms with Crippen LogP contribution in [0.5, 0.6) is 0 Å². The summed E-state index contributed by atoms with van der Waals surface area (Å²) in [6.45, 7) is 2.49. The van der Waals surface area contributed by atoms with Crippen LogP contribution in [-0.4, -0.2) is 22.0 Å². The fourth-order valence-electron chi connectivity index (χ4n) is 3.71. The average Bonchev–Trinajstić information content (AvgIpc) is 3.23. The number of nitrogens with one attached hydrogen (secondary N) is 1. The predicted molar refractivity (Wildman–Crippen MR) is 90.0 cm³/mol. The third-order valence-electron chi connectivity index (χ3n) is 5.20. The van der Waals surface area contributed by atoms with Crippen LogP contribution in [0.4, 0.5) is 13.2 Å². The van der Waals surface area contributed by atoms with Crippen molar-refractivity contribution in [2.75, 3.05) is 0 Å². The van der Waals surface area contributed by atoms with E-state index < -0.39 is 17.8 Å². The summed E-state index contributed by atoms with van der Waals surface area (Å²) in [5, 5.41) is 8.08. The van der Waals surface area contributed by atoms with Crippen LogP contribution in [0.1, 0.15) is 49.4 Å². The summed E-state index contributed by atoms with van der Waals surface area (Å²) < 4.78 is 42.6. The molecule has 2 aliphatic rings. The summed E-state index contributed by atoms with van der Waals surface area (Å²) in [6, 6.07) is 4.07. The Kier molecular flexibility index (Phi) is 4.31. The third kappa shape index (κ3) is 3.45. The lowest BCUT2D eigenvalue weighted by Gasteiger charge is -2.10. The van der Waals surface area contributed by atoms with Crippen LogP contribution in [0.15, 0.2) is 18.2 Å². The first-order valence-electron chi connectivity index (χ1n) is 8.93. The van der Waals surface area contributed by atoms with E-state index in [-0.39, 0.29) is 6.04 Å². The molecule has 1 N–H and O–H groups in total. The highest BCUT2D eigenvalue weighted by molar-refractivity contribution is 5.65. The topological polar surface area (TPSA) is 29.9 Å². The zero-order valence-corrected chi connectivity index (χ0v) is 14.2. The number of halogens is 3. The summed E-state index contributed by atoms with van der Waals surface area (Å²) in [7, 11) is 0. The summed E-state index contributed by atoms with van der Waals surface area (Å²) in [6.07, 6.45) is 3.35. The fraction of sp³-hybridized carbons (Fsp3) is 0.526. The molecule has 2 saturated carbocycles. The van der Waals surface area contributed by atoms with E-state index >= 15 is 0 Å². The minimum atomic E-state index is -0.714. The molecule has 6 heteroatoms. The average molecular weight is 349 g/mol. The number of aromatic nitrogens is 2. The second-order valence-electron chi connectivity index (χ2n) is 7.24. The molecule has 3 nitrogen and oxygen atoms in total. The van der Waals surface area contributed by atoms with Crippen molar-refractivity contribution in [2.45, 2.75) is 63.8 Å². The molecule has 2 atom stereocenters. The molecule has 0 spiro atoms. The lowest BCUT2D eigenvalue weighted by atomic mass is 10.1. The van der Waals surface area contributed by atoms with Gasteiger partial charge in [0.15, 0.2) is 0 Å². The Morgan fingerprint density at radius 3 is 2.44 bits per heavy atom. The first-order chi connectivity index (χ1) is 12.0. The van der Waals surface area contributed by atoms with Gasteiger partial charge in [-0.2, -0.15) is 5.10 Å². The van der Waals surface area contributed by atoms with Crippen molar-refractivity contribution in [2.24, 2.45) is 0 Å². The van der Waals surface area contributed by atoms with Crippen molar-refractivity contribution >= 4 is 0 Å². The molecule has 0 amide bonds. The van der Waals surface area contributed by atoms with Crippen molar-refractivity contribution in [3.05, 3.63) is 41.1 Å². The van der Waals surface area contributed by atoms with E-state index in [2.05, 4.69) is 5.32 Å². The van der Waals surface area contributed by atoms with Crippen LogP contribution >= 0.6 is 0 Å². The molecule has 4 rings (SSSR count). The van der Waals surface area contributed by atoms with Crippen LogP contribution in [0.3, 0.4) is 0 Å². The number of nitrogens with zero attached hydrogens (tertiary/aromatic N) is 2. The lowest BCUT2D eigenvalue weighted by molar-refractivity contribution is 0.333. The molecule has 0 saturated heterocycles. The lowest BCUT2D eigenvalue weighted by Crippen LogP contribution is -2.26. The van der Waals surface area contributed by atoms with Gasteiger partial charge >= 0.3 is 0 Å². The Morgan fingerprint density at radius 1 is 1.12 bits per heavy atom. The van der Waals surface area contributed by atoms with Gasteiger partial charge < -0.3 is 5.32 Å². The highest BCUT2D eigenvalue weighted by atomic mass is 19.1. The Labute approximate surface area is 145 Å². The quantitative estimate of drug-likeness (QED) is 0.864. The van der Waals surface area contributed by atoms with Crippen LogP contribution in [-0.2, 0) is 6.54 Å². The number of hydrogen-bond acceptors (Lipinski definition) is 2. The minimum absolute atomic E-state index is 0.176. The molecular weight excluding hydrogens is 327 g/mol. The van der Waals surface area contributed by atoms with E-state index in [0.29, 0.717) is 31.0 Å². The van der Waals surface area contributed by atoms with Gasteiger partial charge in [0, 0.05) is 24.2 Å². The first-order valence-corrected chi connectivity index (χ1v) is 8.93. The largest absolute Gasteiger partial charge is 0.308 e. The predicted octanol–water partition coefficient (Wildman–Crippen LogP) is 4.45. The molecule has 2 aromatic rings. The summed E-state index contributed by atoms with van der Waals surface area (Å²) in [5.41, 5.74) is 3.10. The minimum Gasteiger partial charge on any atom is -0.308 e. The summed E-state index contributed by atoms with van der Waals surface area (Å²) in [5.74, 6) is -1.17. The Morgan fingerprint density at radius 2 is 1.84 bits per heavy atom. The molecule has 2 aliphatic carbocycles. The van der Waals surface area contributed by atoms with Gasteiger partial charge in [-0.05, 0) is 56.7 Å². The van der Waals surface area contributed by atoms with E-state index in [4.69, 9.17) is 5.10 Å². The molecule has 1 heterocycles. The number of alkyl halides is 1. The van der Waals surface area contributed by atoms with Gasteiger partial charge in [0.05, 0.1) is 17.4 Å². The maximum Gasteiger partial charge on any atom is 0.126 e. The first kappa shape index (κ1) is 16.6. The molecule has 1 aromatic carbocycles. The SMILES string of the molecule is Cc1c(CNC2CCC(F)C2)nn(C2CC2)c1-c1cc(F)cc(F)c1. The highest BCUT2D eigenvalue weighted by Gasteiger charge is 2.30. The standard InChI is InChI=1S/C19H22F3N3/c1-11-18(10-23-16-3-2-13(20)9-16)24-25(17-4-5-17)19(11)12-6-14(21)8-15(22)7-12/h6-8,13,16-17,23H,2-5,9-10H2,1H3. The van der Waals surface area contributed by atoms with Gasteiger partial charge in [-0.15, -0.1) is 0 Å². The smallest absolute Gasteiger partial charge is 0.126 e. The van der Waals surface area contributed by atoms with Crippen LogP contribution in [0.2, 0.25) is 0 Å². The molecule has 0 bridgehead atoms. The van der Waals surface area contributed by atoms with E-state index in [1.165, 1.54) is 12.1 Å². The number of benzene rings is 1. The maximum absolute atomic E-state index is 13.7. The molecule has 1 aromatic heterocycles. The summed E-state index contributed by atoms with van der Waals surface area (Å²) in [4.78, 5) is 0. The van der Waals surface area contributed by atoms with E-state index in [1.807, 2.05) is 11.6 Å². The van der Waals surface area contributed by atoms with Gasteiger partial charge in [-0.25, -0.2) is 13.2 Å². The normalized spacial score (nSPS) is 23.4. The fourth-order valence-corrected chi connectivity index (χ4v) is 3.71. The van der Waals surface area contributed by atoms with Crippen LogP contribution in [0, 0.1) is 18.6 Å². The van der Waals surface area contributed by atoms with Gasteiger partial charge in [0.1, 0.15) is 17.8 Å². The molecule has 25 heavy (non-hydrogen) atoms. The van der Waals surface area contributed by atoms with Crippen LogP contribution in [0.25, 0.3) is 11.3 Å². The van der Waals surface area contributed by atoms with Crippen molar-refractivity contribution in [1.29, 1.82) is 0 Å². The second kappa shape index (κ2) is 6.48. The van der Waals surface area contributed by atoms with Gasteiger partial charge in [-0.3, -0.25) is 4.68 Å². The van der Waals surface area contributed by atoms with Crippen LogP contribution < -0.4 is 5.32 Å². The molecule has 0 radical (unpaired) electrons. The zero-order chi connectivity index (χ0) is 17.6. The number of rotatable bonds is 5. The van der Waals surface area contributed by atoms with Gasteiger partial charge in [-0.1, -0.05) is 0 Å². The Hall–Kier alpha value is -1.82. The molecular formula is C19H22F3N3. The highest BCUT2D eigenvalue weighted by Crippen LogP contribution is 2.40. The maximum atomic E-state index is 13.7. The second-order valence-corrected chi connectivity index (χ2v) is 7.24. The van der Waals surface area contributed by atoms with E-state index in [1.54, 1.807) is 0 Å². The molecule has 2 unspecified atom stereocenters. The summed E-state index contributed by atoms with van der Waals surface area (Å²) >= 11 is 0. The Bertz CT molecular complexity index is 762. The van der Waals surface area contributed by atoms with Crippen molar-refractivity contribution in [3.8, 4) is 11.3 Å². The molecule has 2 fully saturated rings. The monoisotopic (exact) mass is 349 g/mol. The number of hydrogen-bond donors (Lipinski definition) is 1. The van der Waals surface area contributed by atoms with E-state index in [9.17, 15) is 13.2 Å². The molecule has 134 valence electrons. The van der Waals surface area contributed by atoms with Crippen molar-refractivity contribution < 1.29 is 13.2 Å². The van der Waals surface area contributed by atoms with Crippen molar-refractivity contribution in [3.63, 3.8) is 0 Å². The van der Waals surface area contributed by atoms with E-state index in [0.717, 1.165) is 42.3 Å². The third-order valence-corrected chi connectivity index (χ3v) is 5.20. The van der Waals surface area contributed by atoms with Gasteiger partial charge in [0.25, 0.3) is 0 Å². The van der Waals surface area contributed by atoms with Gasteiger partial charge in [0.2, 0.25) is 0 Å². The Balaban J connectivity index is 1.63.